The second-order valence-corrected chi connectivity index (χ2v) is 20.8. The molecule has 0 radical (unpaired) electrons. The van der Waals surface area contributed by atoms with Crippen LogP contribution >= 0.6 is 0 Å². The number of carboxylic acids is 1. The minimum atomic E-state index is -1.10. The number of aliphatic hydroxyl groups excluding tert-OH is 2. The molecule has 0 aromatic rings. The van der Waals surface area contributed by atoms with E-state index in [1.165, 1.54) is 31.3 Å². The summed E-state index contributed by atoms with van der Waals surface area (Å²) < 4.78 is 6.23. The number of aliphatic carboxylic acids is 1. The number of nitrogens with one attached hydrogen (secondary N) is 1. The molecule has 5 fully saturated rings. The zero-order valence-electron chi connectivity index (χ0n) is 35.3. The number of hydrogen-bond donors (Lipinski definition) is 4. The first-order valence-corrected chi connectivity index (χ1v) is 21.9. The van der Waals surface area contributed by atoms with Gasteiger partial charge in [-0.3, -0.25) is 14.4 Å². The first-order chi connectivity index (χ1) is 25.2. The van der Waals surface area contributed by atoms with Crippen LogP contribution in [0.4, 0.5) is 0 Å². The highest BCUT2D eigenvalue weighted by atomic mass is 16.5. The third-order valence-corrected chi connectivity index (χ3v) is 17.2. The van der Waals surface area contributed by atoms with E-state index in [2.05, 4.69) is 53.4 Å². The largest absolute Gasteiger partial charge is 0.481 e. The smallest absolute Gasteiger partial charge is 0.312 e. The second-order valence-electron chi connectivity index (χ2n) is 20.8. The Kier molecular flexibility index (Phi) is 13.2. The van der Waals surface area contributed by atoms with E-state index in [1.54, 1.807) is 0 Å². The summed E-state index contributed by atoms with van der Waals surface area (Å²) in [5.74, 6) is 1.31. The van der Waals surface area contributed by atoms with Crippen LogP contribution in [0.3, 0.4) is 0 Å². The number of carbonyl (C=O) groups is 3. The molecule has 308 valence electrons. The minimum absolute atomic E-state index is 0.0296. The van der Waals surface area contributed by atoms with Crippen LogP contribution in [-0.2, 0) is 19.1 Å². The van der Waals surface area contributed by atoms with E-state index in [-0.39, 0.29) is 57.9 Å². The number of aliphatic hydroxyl groups is 2. The predicted molar refractivity (Wildman–Crippen MR) is 213 cm³/mol. The number of amides is 1. The van der Waals surface area contributed by atoms with E-state index in [0.717, 1.165) is 70.6 Å². The number of carboxylic acid groups (broad SMARTS) is 1. The van der Waals surface area contributed by atoms with E-state index in [9.17, 15) is 24.6 Å². The molecule has 0 heterocycles. The Labute approximate surface area is 327 Å². The van der Waals surface area contributed by atoms with Gasteiger partial charge >= 0.3 is 11.9 Å². The van der Waals surface area contributed by atoms with Gasteiger partial charge in [-0.05, 0) is 148 Å². The number of unbranched alkanes of at least 4 members (excludes halogenated alkanes) is 4. The molecule has 8 nitrogen and oxygen atoms in total. The summed E-state index contributed by atoms with van der Waals surface area (Å²) in [7, 11) is 0. The normalized spacial score (nSPS) is 39.3. The Morgan fingerprint density at radius 1 is 0.833 bits per heavy atom. The second kappa shape index (κ2) is 16.5. The fraction of sp³-hybridized carbons (Fsp3) is 0.891. The average molecular weight is 756 g/mol. The maximum absolute atomic E-state index is 14.4. The van der Waals surface area contributed by atoms with Crippen LogP contribution in [0.5, 0.6) is 0 Å². The quantitative estimate of drug-likeness (QED) is 0.0701. The lowest BCUT2D eigenvalue weighted by molar-refractivity contribution is -0.248. The van der Waals surface area contributed by atoms with Gasteiger partial charge in [0.15, 0.2) is 0 Å². The molecule has 5 aliphatic rings. The monoisotopic (exact) mass is 756 g/mol. The molecule has 5 aliphatic carbocycles. The molecule has 5 rings (SSSR count). The molecule has 0 unspecified atom stereocenters. The molecule has 1 amide bonds. The molecule has 5 saturated carbocycles. The maximum atomic E-state index is 14.4. The molecular formula is C46H77NO7. The molecule has 0 spiro atoms. The predicted octanol–water partition coefficient (Wildman–Crippen LogP) is 9.26. The van der Waals surface area contributed by atoms with Crippen LogP contribution in [0.15, 0.2) is 12.2 Å². The van der Waals surface area contributed by atoms with Crippen LogP contribution in [0.1, 0.15) is 171 Å². The van der Waals surface area contributed by atoms with Gasteiger partial charge in [0.1, 0.15) is 0 Å². The lowest BCUT2D eigenvalue weighted by atomic mass is 9.32. The van der Waals surface area contributed by atoms with Gasteiger partial charge in [-0.1, -0.05) is 79.9 Å². The average Bonchev–Trinajstić information content (AvgIpc) is 3.49. The summed E-state index contributed by atoms with van der Waals surface area (Å²) in [6.45, 7) is 23.5. The lowest BCUT2D eigenvalue weighted by Crippen LogP contribution is -2.67. The van der Waals surface area contributed by atoms with Gasteiger partial charge in [0.25, 0.3) is 0 Å². The van der Waals surface area contributed by atoms with Gasteiger partial charge < -0.3 is 25.4 Å². The molecule has 54 heavy (non-hydrogen) atoms. The lowest BCUT2D eigenvalue weighted by Gasteiger charge is -2.72. The van der Waals surface area contributed by atoms with Gasteiger partial charge in [-0.25, -0.2) is 0 Å². The van der Waals surface area contributed by atoms with Gasteiger partial charge in [0, 0.05) is 6.42 Å². The summed E-state index contributed by atoms with van der Waals surface area (Å²) in [6, 6.07) is -0.563. The van der Waals surface area contributed by atoms with E-state index in [0.29, 0.717) is 43.1 Å². The van der Waals surface area contributed by atoms with E-state index in [4.69, 9.17) is 9.84 Å². The molecular weight excluding hydrogens is 679 g/mol. The number of fused-ring (bicyclic) bond motifs is 7. The van der Waals surface area contributed by atoms with Crippen LogP contribution < -0.4 is 5.32 Å². The van der Waals surface area contributed by atoms with Crippen molar-refractivity contribution in [3.63, 3.8) is 0 Å². The maximum Gasteiger partial charge on any atom is 0.312 e. The van der Waals surface area contributed by atoms with Crippen molar-refractivity contribution in [2.45, 2.75) is 189 Å². The number of ether oxygens (including phenoxy) is 1. The van der Waals surface area contributed by atoms with Gasteiger partial charge in [0.2, 0.25) is 5.91 Å². The molecule has 0 aliphatic heterocycles. The van der Waals surface area contributed by atoms with Crippen molar-refractivity contribution in [1.82, 2.24) is 5.32 Å². The topological polar surface area (TPSA) is 133 Å². The number of esters is 1. The fourth-order valence-electron chi connectivity index (χ4n) is 14.1. The molecule has 8 heteroatoms. The third-order valence-electron chi connectivity index (χ3n) is 17.2. The summed E-state index contributed by atoms with van der Waals surface area (Å²) in [6.07, 6.45) is 14.2. The molecule has 0 aromatic carbocycles. The Morgan fingerprint density at radius 2 is 1.52 bits per heavy atom. The van der Waals surface area contributed by atoms with Crippen LogP contribution in [0, 0.1) is 62.6 Å². The van der Waals surface area contributed by atoms with Crippen molar-refractivity contribution in [3.05, 3.63) is 12.2 Å². The molecule has 0 bridgehead atoms. The highest BCUT2D eigenvalue weighted by molar-refractivity contribution is 5.78. The minimum Gasteiger partial charge on any atom is -0.481 e. The highest BCUT2D eigenvalue weighted by Crippen LogP contribution is 2.77. The van der Waals surface area contributed by atoms with E-state index in [1.807, 2.05) is 13.8 Å². The Balaban J connectivity index is 1.15. The summed E-state index contributed by atoms with van der Waals surface area (Å²) in [5.41, 5.74) is 1.34. The van der Waals surface area contributed by atoms with Crippen molar-refractivity contribution in [1.29, 1.82) is 0 Å². The molecule has 12 atom stereocenters. The number of carbonyl (C=O) groups excluding carboxylic acids is 2. The first kappa shape index (κ1) is 43.2. The third kappa shape index (κ3) is 7.83. The number of rotatable bonds is 16. The van der Waals surface area contributed by atoms with Crippen molar-refractivity contribution in [2.24, 2.45) is 62.6 Å². The zero-order valence-corrected chi connectivity index (χ0v) is 35.3. The van der Waals surface area contributed by atoms with Gasteiger partial charge in [0.05, 0.1) is 36.7 Å². The zero-order chi connectivity index (χ0) is 39.9. The van der Waals surface area contributed by atoms with Gasteiger partial charge in [-0.15, -0.1) is 0 Å². The molecule has 0 saturated heterocycles. The van der Waals surface area contributed by atoms with Crippen LogP contribution in [0.2, 0.25) is 0 Å². The Bertz CT molecular complexity index is 1380. The SMILES string of the molecule is C=C(C)[C@@H]1CC[C@]2(C(=O)OCCCCCCCC(=O)N[C@@H](CC(C)C)[C@@H](O)CC(=O)O)CC[C@]3(C)[C@H](CC[C@@H]4[C@@]5(C)CC[C@H](O)C(C)(C)[C@@H]5CC[C@]43C)[C@@H]12. The fourth-order valence-corrected chi connectivity index (χ4v) is 14.1. The molecule has 0 aromatic heterocycles. The van der Waals surface area contributed by atoms with Crippen molar-refractivity contribution < 1.29 is 34.4 Å². The molecule has 4 N–H and O–H groups in total. The summed E-state index contributed by atoms with van der Waals surface area (Å²) in [4.78, 5) is 38.0. The van der Waals surface area contributed by atoms with Crippen molar-refractivity contribution in [3.8, 4) is 0 Å². The first-order valence-electron chi connectivity index (χ1n) is 21.9. The highest BCUT2D eigenvalue weighted by Gasteiger charge is 2.72. The van der Waals surface area contributed by atoms with Gasteiger partial charge in [-0.2, -0.15) is 0 Å². The summed E-state index contributed by atoms with van der Waals surface area (Å²) in [5, 5.41) is 33.3. The number of hydrogen-bond acceptors (Lipinski definition) is 6. The Morgan fingerprint density at radius 3 is 2.19 bits per heavy atom. The van der Waals surface area contributed by atoms with Crippen molar-refractivity contribution >= 4 is 17.8 Å². The number of allylic oxidation sites excluding steroid dienone is 1. The standard InChI is InChI=1S/C46H77NO7/c1-29(2)27-33(34(48)28-39(51)52)47-38(50)15-13-11-10-12-14-26-54-41(53)46-23-18-31(30(3)4)40(46)32-16-17-36-43(7)21-20-37(49)42(5,6)35(43)19-22-45(36,9)44(32,8)24-25-46/h29,31-37,40,48-49H,3,10-28H2,1-2,4-9H3,(H,47,50)(H,51,52)/t31-,32+,33-,34-,35-,36+,37-,40+,43-,44+,45+,46-/m0/s1. The van der Waals surface area contributed by atoms with E-state index >= 15 is 0 Å². The van der Waals surface area contributed by atoms with Crippen molar-refractivity contribution in [2.75, 3.05) is 6.61 Å². The summed E-state index contributed by atoms with van der Waals surface area (Å²) >= 11 is 0. The van der Waals surface area contributed by atoms with E-state index < -0.39 is 23.5 Å². The van der Waals surface area contributed by atoms with Crippen LogP contribution in [-0.4, -0.2) is 58.0 Å². The Hall–Kier alpha value is -1.93. The van der Waals surface area contributed by atoms with Crippen LogP contribution in [0.25, 0.3) is 0 Å².